The predicted octanol–water partition coefficient (Wildman–Crippen LogP) is 5.59. The van der Waals surface area contributed by atoms with E-state index in [1.54, 1.807) is 7.05 Å². The largest absolute Gasteiger partial charge is 0.311 e. The summed E-state index contributed by atoms with van der Waals surface area (Å²) < 4.78 is 0. The highest BCUT2D eigenvalue weighted by atomic mass is 15.3. The van der Waals surface area contributed by atoms with E-state index in [4.69, 9.17) is 0 Å². The normalized spacial score (nSPS) is 11.8. The summed E-state index contributed by atoms with van der Waals surface area (Å²) in [5.41, 5.74) is 6.33. The molecule has 0 spiro atoms. The molecule has 0 aromatic heterocycles. The van der Waals surface area contributed by atoms with Crippen molar-refractivity contribution in [2.45, 2.75) is 51.9 Å². The molecule has 0 aliphatic rings. The van der Waals surface area contributed by atoms with Gasteiger partial charge in [-0.2, -0.15) is 5.10 Å². The van der Waals surface area contributed by atoms with Crippen molar-refractivity contribution in [3.63, 3.8) is 0 Å². The van der Waals surface area contributed by atoms with Crippen molar-refractivity contribution in [1.29, 1.82) is 0 Å². The molecular weight excluding hydrogens is 318 g/mol. The van der Waals surface area contributed by atoms with Crippen LogP contribution in [0.4, 0.5) is 0 Å². The van der Waals surface area contributed by atoms with Gasteiger partial charge in [-0.3, -0.25) is 0 Å². The maximum absolute atomic E-state index is 4.55. The van der Waals surface area contributed by atoms with E-state index in [0.29, 0.717) is 5.84 Å². The first-order valence-corrected chi connectivity index (χ1v) is 9.76. The number of nitrogens with zero attached hydrogens (tertiary/aromatic N) is 2. The van der Waals surface area contributed by atoms with Crippen LogP contribution in [-0.4, -0.2) is 19.1 Å². The molecule has 0 saturated heterocycles. The Labute approximate surface area is 158 Å². The lowest BCUT2D eigenvalue weighted by Gasteiger charge is -2.03. The van der Waals surface area contributed by atoms with Crippen LogP contribution < -0.4 is 5.43 Å². The summed E-state index contributed by atoms with van der Waals surface area (Å²) in [4.78, 5) is 4.55. The molecule has 2 rings (SSSR count). The second-order valence-electron chi connectivity index (χ2n) is 6.54. The summed E-state index contributed by atoms with van der Waals surface area (Å²) in [6.45, 7) is 2.26. The summed E-state index contributed by atoms with van der Waals surface area (Å²) in [6.07, 6.45) is 11.1. The maximum Gasteiger partial charge on any atom is 0.178 e. The molecule has 0 aliphatic carbocycles. The molecule has 1 N–H and O–H groups in total. The molecule has 138 valence electrons. The summed E-state index contributed by atoms with van der Waals surface area (Å²) in [7, 11) is 1.79. The quantitative estimate of drug-likeness (QED) is 0.258. The van der Waals surface area contributed by atoms with Gasteiger partial charge in [0.15, 0.2) is 5.84 Å². The molecule has 0 saturated carbocycles. The highest BCUT2D eigenvalue weighted by Crippen LogP contribution is 2.11. The number of hydrogen-bond acceptors (Lipinski definition) is 2. The van der Waals surface area contributed by atoms with E-state index in [0.717, 1.165) is 11.1 Å². The SMILES string of the molecule is CCCCCCCCc1ccc(/C=N/C(=N\NC)c2ccccc2)cc1. The summed E-state index contributed by atoms with van der Waals surface area (Å²) >= 11 is 0. The van der Waals surface area contributed by atoms with E-state index >= 15 is 0 Å². The Bertz CT molecular complexity index is 672. The third-order valence-corrected chi connectivity index (χ3v) is 4.38. The highest BCUT2D eigenvalue weighted by molar-refractivity contribution is 6.04. The molecule has 0 aliphatic heterocycles. The third-order valence-electron chi connectivity index (χ3n) is 4.38. The summed E-state index contributed by atoms with van der Waals surface area (Å²) in [5.74, 6) is 0.684. The van der Waals surface area contributed by atoms with Gasteiger partial charge in [0.05, 0.1) is 0 Å². The zero-order valence-electron chi connectivity index (χ0n) is 16.1. The van der Waals surface area contributed by atoms with Gasteiger partial charge in [0.25, 0.3) is 0 Å². The summed E-state index contributed by atoms with van der Waals surface area (Å²) in [6, 6.07) is 18.7. The lowest BCUT2D eigenvalue weighted by Crippen LogP contribution is -2.05. The highest BCUT2D eigenvalue weighted by Gasteiger charge is 2.00. The molecule has 2 aromatic carbocycles. The predicted molar refractivity (Wildman–Crippen MR) is 113 cm³/mol. The number of unbranched alkanes of at least 4 members (excludes halogenated alkanes) is 5. The average Bonchev–Trinajstić information content (AvgIpc) is 2.69. The molecular formula is C23H31N3. The standard InChI is InChI=1S/C23H31N3/c1-3-4-5-6-7-9-12-20-15-17-21(18-16-20)19-25-23(26-24-2)22-13-10-8-11-14-22/h8,10-11,13-19,24H,3-7,9,12H2,1-2H3/b25-19+,26-23-. The molecule has 3 heteroatoms. The summed E-state index contributed by atoms with van der Waals surface area (Å²) in [5, 5.41) is 4.27. The van der Waals surface area contributed by atoms with Gasteiger partial charge in [0, 0.05) is 18.8 Å². The van der Waals surface area contributed by atoms with Crippen molar-refractivity contribution >= 4 is 12.1 Å². The monoisotopic (exact) mass is 349 g/mol. The molecule has 26 heavy (non-hydrogen) atoms. The lowest BCUT2D eigenvalue weighted by molar-refractivity contribution is 0.607. The minimum Gasteiger partial charge on any atom is -0.311 e. The van der Waals surface area contributed by atoms with Gasteiger partial charge in [-0.15, -0.1) is 0 Å². The van der Waals surface area contributed by atoms with Crippen LogP contribution >= 0.6 is 0 Å². The van der Waals surface area contributed by atoms with Crippen molar-refractivity contribution in [2.24, 2.45) is 10.1 Å². The third kappa shape index (κ3) is 7.22. The second kappa shape index (κ2) is 12.0. The van der Waals surface area contributed by atoms with Crippen molar-refractivity contribution < 1.29 is 0 Å². The van der Waals surface area contributed by atoms with Crippen LogP contribution in [0.5, 0.6) is 0 Å². The van der Waals surface area contributed by atoms with Gasteiger partial charge in [-0.25, -0.2) is 4.99 Å². The topological polar surface area (TPSA) is 36.8 Å². The van der Waals surface area contributed by atoms with Gasteiger partial charge < -0.3 is 5.43 Å². The van der Waals surface area contributed by atoms with Gasteiger partial charge >= 0.3 is 0 Å². The number of hydrazone groups is 1. The van der Waals surface area contributed by atoms with Crippen LogP contribution in [0.3, 0.4) is 0 Å². The zero-order valence-corrected chi connectivity index (χ0v) is 16.1. The number of aryl methyl sites for hydroxylation is 1. The van der Waals surface area contributed by atoms with E-state index in [1.165, 1.54) is 50.5 Å². The van der Waals surface area contributed by atoms with Crippen LogP contribution in [0.2, 0.25) is 0 Å². The van der Waals surface area contributed by atoms with Crippen LogP contribution in [0, 0.1) is 0 Å². The molecule has 0 unspecified atom stereocenters. The zero-order chi connectivity index (χ0) is 18.5. The number of aliphatic imine (C=N–C) groups is 1. The van der Waals surface area contributed by atoms with Gasteiger partial charge in [0.1, 0.15) is 0 Å². The number of rotatable bonds is 10. The second-order valence-corrected chi connectivity index (χ2v) is 6.54. The maximum atomic E-state index is 4.55. The fraction of sp³-hybridized carbons (Fsp3) is 0.391. The minimum atomic E-state index is 0.684. The van der Waals surface area contributed by atoms with Crippen molar-refractivity contribution in [1.82, 2.24) is 5.43 Å². The number of nitrogens with one attached hydrogen (secondary N) is 1. The lowest BCUT2D eigenvalue weighted by atomic mass is 10.0. The van der Waals surface area contributed by atoms with Crippen LogP contribution in [0.1, 0.15) is 62.1 Å². The van der Waals surface area contributed by atoms with E-state index in [-0.39, 0.29) is 0 Å². The number of benzene rings is 2. The Morgan fingerprint density at radius 1 is 0.885 bits per heavy atom. The Kier molecular flexibility index (Phi) is 9.20. The molecule has 0 radical (unpaired) electrons. The molecule has 2 aromatic rings. The average molecular weight is 350 g/mol. The first-order chi connectivity index (χ1) is 12.8. The fourth-order valence-electron chi connectivity index (χ4n) is 2.88. The molecule has 3 nitrogen and oxygen atoms in total. The first-order valence-electron chi connectivity index (χ1n) is 9.76. The smallest absolute Gasteiger partial charge is 0.178 e. The van der Waals surface area contributed by atoms with E-state index < -0.39 is 0 Å². The Balaban J connectivity index is 1.87. The minimum absolute atomic E-state index is 0.684. The molecule has 0 atom stereocenters. The van der Waals surface area contributed by atoms with Crippen molar-refractivity contribution in [3.8, 4) is 0 Å². The molecule has 0 fully saturated rings. The van der Waals surface area contributed by atoms with E-state index in [2.05, 4.69) is 46.7 Å². The van der Waals surface area contributed by atoms with Gasteiger partial charge in [-0.05, 0) is 24.0 Å². The first kappa shape index (κ1) is 19.9. The molecule has 0 amide bonds. The van der Waals surface area contributed by atoms with Crippen LogP contribution in [-0.2, 0) is 6.42 Å². The van der Waals surface area contributed by atoms with Gasteiger partial charge in [0.2, 0.25) is 0 Å². The molecule has 0 heterocycles. The van der Waals surface area contributed by atoms with Gasteiger partial charge in [-0.1, -0.05) is 93.6 Å². The molecule has 0 bridgehead atoms. The van der Waals surface area contributed by atoms with Crippen molar-refractivity contribution in [3.05, 3.63) is 71.3 Å². The van der Waals surface area contributed by atoms with Crippen LogP contribution in [0.25, 0.3) is 0 Å². The number of hydrogen-bond donors (Lipinski definition) is 1. The fourth-order valence-corrected chi connectivity index (χ4v) is 2.88. The number of amidine groups is 1. The Morgan fingerprint density at radius 2 is 1.58 bits per heavy atom. The van der Waals surface area contributed by atoms with Crippen molar-refractivity contribution in [2.75, 3.05) is 7.05 Å². The van der Waals surface area contributed by atoms with Crippen LogP contribution in [0.15, 0.2) is 64.7 Å². The van der Waals surface area contributed by atoms with E-state index in [9.17, 15) is 0 Å². The van der Waals surface area contributed by atoms with E-state index in [1.807, 2.05) is 36.5 Å². The Morgan fingerprint density at radius 3 is 2.27 bits per heavy atom. The Hall–Kier alpha value is -2.42.